The van der Waals surface area contributed by atoms with Gasteiger partial charge in [0.15, 0.2) is 5.82 Å². The first-order valence-electron chi connectivity index (χ1n) is 6.29. The highest BCUT2D eigenvalue weighted by atomic mass is 16.5. The molecule has 1 aromatic rings. The van der Waals surface area contributed by atoms with Crippen molar-refractivity contribution in [2.45, 2.75) is 59.9 Å². The van der Waals surface area contributed by atoms with Crippen molar-refractivity contribution in [3.8, 4) is 0 Å². The summed E-state index contributed by atoms with van der Waals surface area (Å²) in [6, 6.07) is 0.0259. The molecule has 0 saturated carbocycles. The first-order valence-corrected chi connectivity index (χ1v) is 6.29. The van der Waals surface area contributed by atoms with Crippen LogP contribution in [0.3, 0.4) is 0 Å². The first-order chi connectivity index (χ1) is 7.70. The molecule has 0 amide bonds. The molecule has 0 aliphatic rings. The largest absolute Gasteiger partial charge is 0.339 e. The Labute approximate surface area is 104 Å². The zero-order chi connectivity index (χ0) is 13.2. The van der Waals surface area contributed by atoms with Crippen LogP contribution >= 0.6 is 0 Å². The van der Waals surface area contributed by atoms with Crippen molar-refractivity contribution >= 4 is 0 Å². The van der Waals surface area contributed by atoms with Crippen LogP contribution in [-0.4, -0.2) is 16.2 Å². The van der Waals surface area contributed by atoms with E-state index in [1.165, 1.54) is 0 Å². The van der Waals surface area contributed by atoms with E-state index in [9.17, 15) is 0 Å². The average molecular weight is 239 g/mol. The second-order valence-electron chi connectivity index (χ2n) is 6.42. The van der Waals surface area contributed by atoms with Gasteiger partial charge in [-0.3, -0.25) is 0 Å². The van der Waals surface area contributed by atoms with E-state index in [1.807, 2.05) is 6.92 Å². The van der Waals surface area contributed by atoms with E-state index in [0.717, 1.165) is 12.2 Å². The molecule has 2 atom stereocenters. The molecule has 0 radical (unpaired) electrons. The summed E-state index contributed by atoms with van der Waals surface area (Å²) in [6.45, 7) is 12.7. The molecule has 4 heteroatoms. The number of rotatable bonds is 4. The van der Waals surface area contributed by atoms with Crippen LogP contribution in [0.1, 0.15) is 59.2 Å². The van der Waals surface area contributed by atoms with Crippen LogP contribution in [0.2, 0.25) is 0 Å². The summed E-state index contributed by atoms with van der Waals surface area (Å²) < 4.78 is 5.35. The molecule has 0 spiro atoms. The Morgan fingerprint density at radius 3 is 2.24 bits per heavy atom. The van der Waals surface area contributed by atoms with Gasteiger partial charge < -0.3 is 10.3 Å². The van der Waals surface area contributed by atoms with Gasteiger partial charge in [0, 0.05) is 12.5 Å². The second-order valence-corrected chi connectivity index (χ2v) is 6.42. The summed E-state index contributed by atoms with van der Waals surface area (Å²) in [5, 5.41) is 4.05. The number of nitrogens with two attached hydrogens (primary N) is 1. The maximum atomic E-state index is 5.98. The Hall–Kier alpha value is -0.900. The summed E-state index contributed by atoms with van der Waals surface area (Å²) in [5.41, 5.74) is 6.15. The van der Waals surface area contributed by atoms with Gasteiger partial charge in [0.05, 0.1) is 5.92 Å². The van der Waals surface area contributed by atoms with Crippen molar-refractivity contribution < 1.29 is 4.52 Å². The Morgan fingerprint density at radius 1 is 1.24 bits per heavy atom. The fourth-order valence-electron chi connectivity index (χ4n) is 2.07. The minimum Gasteiger partial charge on any atom is -0.339 e. The van der Waals surface area contributed by atoms with Crippen LogP contribution in [0, 0.1) is 11.3 Å². The average Bonchev–Trinajstić information content (AvgIpc) is 2.47. The lowest BCUT2D eigenvalue weighted by Gasteiger charge is -2.20. The summed E-state index contributed by atoms with van der Waals surface area (Å²) in [4.78, 5) is 4.48. The van der Waals surface area contributed by atoms with Crippen molar-refractivity contribution in [3.63, 3.8) is 0 Å². The van der Waals surface area contributed by atoms with Crippen LogP contribution in [-0.2, 0) is 6.42 Å². The molecule has 2 N–H and O–H groups in total. The number of hydrogen-bond acceptors (Lipinski definition) is 4. The topological polar surface area (TPSA) is 64.9 Å². The van der Waals surface area contributed by atoms with Gasteiger partial charge in [-0.25, -0.2) is 0 Å². The highest BCUT2D eigenvalue weighted by Gasteiger charge is 2.27. The minimum absolute atomic E-state index is 0.0259. The molecule has 1 aromatic heterocycles. The van der Waals surface area contributed by atoms with Crippen LogP contribution in [0.25, 0.3) is 0 Å². The smallest absolute Gasteiger partial charge is 0.231 e. The Morgan fingerprint density at radius 2 is 1.82 bits per heavy atom. The molecule has 17 heavy (non-hydrogen) atoms. The third kappa shape index (κ3) is 4.11. The van der Waals surface area contributed by atoms with Crippen LogP contribution in [0.15, 0.2) is 4.52 Å². The SMILES string of the molecule is CC(C)C(c1nc(CC(C)(C)C)no1)C(C)N. The van der Waals surface area contributed by atoms with E-state index < -0.39 is 0 Å². The van der Waals surface area contributed by atoms with E-state index in [2.05, 4.69) is 44.8 Å². The monoisotopic (exact) mass is 239 g/mol. The molecule has 0 aromatic carbocycles. The number of hydrogen-bond donors (Lipinski definition) is 1. The molecule has 1 rings (SSSR count). The lowest BCUT2D eigenvalue weighted by atomic mass is 9.89. The van der Waals surface area contributed by atoms with Gasteiger partial charge in [0.25, 0.3) is 0 Å². The normalized spacial score (nSPS) is 16.2. The molecule has 0 saturated heterocycles. The molecule has 4 nitrogen and oxygen atoms in total. The highest BCUT2D eigenvalue weighted by Crippen LogP contribution is 2.27. The van der Waals surface area contributed by atoms with Crippen LogP contribution in [0.5, 0.6) is 0 Å². The maximum absolute atomic E-state index is 5.98. The molecule has 1 heterocycles. The maximum Gasteiger partial charge on any atom is 0.231 e. The fourth-order valence-corrected chi connectivity index (χ4v) is 2.07. The van der Waals surface area contributed by atoms with Gasteiger partial charge >= 0.3 is 0 Å². The first kappa shape index (κ1) is 14.2. The molecular weight excluding hydrogens is 214 g/mol. The van der Waals surface area contributed by atoms with E-state index in [1.54, 1.807) is 0 Å². The predicted octanol–water partition coefficient (Wildman–Crippen LogP) is 2.75. The molecule has 2 unspecified atom stereocenters. The van der Waals surface area contributed by atoms with Gasteiger partial charge in [0.2, 0.25) is 5.89 Å². The zero-order valence-corrected chi connectivity index (χ0v) is 11.8. The van der Waals surface area contributed by atoms with Crippen molar-refractivity contribution in [1.29, 1.82) is 0 Å². The summed E-state index contributed by atoms with van der Waals surface area (Å²) in [7, 11) is 0. The van der Waals surface area contributed by atoms with Crippen LogP contribution in [0.4, 0.5) is 0 Å². The van der Waals surface area contributed by atoms with Crippen LogP contribution < -0.4 is 5.73 Å². The van der Waals surface area contributed by atoms with E-state index >= 15 is 0 Å². The van der Waals surface area contributed by atoms with E-state index in [0.29, 0.717) is 11.8 Å². The molecule has 0 bridgehead atoms. The zero-order valence-electron chi connectivity index (χ0n) is 11.8. The Balaban J connectivity index is 2.86. The van der Waals surface area contributed by atoms with Gasteiger partial charge in [0.1, 0.15) is 0 Å². The number of nitrogens with zero attached hydrogens (tertiary/aromatic N) is 2. The molecular formula is C13H25N3O. The van der Waals surface area contributed by atoms with E-state index in [4.69, 9.17) is 10.3 Å². The van der Waals surface area contributed by atoms with Gasteiger partial charge in [-0.2, -0.15) is 4.98 Å². The third-order valence-electron chi connectivity index (χ3n) is 2.74. The van der Waals surface area contributed by atoms with E-state index in [-0.39, 0.29) is 17.4 Å². The van der Waals surface area contributed by atoms with Crippen molar-refractivity contribution in [1.82, 2.24) is 10.1 Å². The Kier molecular flexibility index (Phi) is 4.31. The lowest BCUT2D eigenvalue weighted by molar-refractivity contribution is 0.296. The van der Waals surface area contributed by atoms with Crippen molar-refractivity contribution in [2.24, 2.45) is 17.1 Å². The fraction of sp³-hybridized carbons (Fsp3) is 0.846. The highest BCUT2D eigenvalue weighted by molar-refractivity contribution is 5.00. The van der Waals surface area contributed by atoms with Gasteiger partial charge in [-0.1, -0.05) is 39.8 Å². The summed E-state index contributed by atoms with van der Waals surface area (Å²) in [5.74, 6) is 1.99. The quantitative estimate of drug-likeness (QED) is 0.877. The lowest BCUT2D eigenvalue weighted by Crippen LogP contribution is -2.28. The van der Waals surface area contributed by atoms with Gasteiger partial charge in [-0.15, -0.1) is 0 Å². The summed E-state index contributed by atoms with van der Waals surface area (Å²) >= 11 is 0. The molecule has 0 fully saturated rings. The molecule has 0 aliphatic carbocycles. The minimum atomic E-state index is 0.0259. The Bertz CT molecular complexity index is 342. The molecule has 0 aliphatic heterocycles. The standard InChI is InChI=1S/C13H25N3O/c1-8(2)11(9(3)14)12-15-10(16-17-12)7-13(4,5)6/h8-9,11H,7,14H2,1-6H3. The third-order valence-corrected chi connectivity index (χ3v) is 2.74. The number of aromatic nitrogens is 2. The van der Waals surface area contributed by atoms with Crippen molar-refractivity contribution in [2.75, 3.05) is 0 Å². The molecule has 98 valence electrons. The van der Waals surface area contributed by atoms with Crippen molar-refractivity contribution in [3.05, 3.63) is 11.7 Å². The predicted molar refractivity (Wildman–Crippen MR) is 68.7 cm³/mol. The summed E-state index contributed by atoms with van der Waals surface area (Å²) in [6.07, 6.45) is 0.820. The second kappa shape index (κ2) is 5.17. The van der Waals surface area contributed by atoms with Gasteiger partial charge in [-0.05, 0) is 18.3 Å².